The minimum Gasteiger partial charge on any atom is -0.493 e. The number of unbranched alkanes of at least 4 members (excludes halogenated alkanes) is 7. The maximum absolute atomic E-state index is 11.4. The molecular formula is C37H46O7. The molecule has 0 aliphatic rings. The molecule has 44 heavy (non-hydrogen) atoms. The van der Waals surface area contributed by atoms with Crippen molar-refractivity contribution in [3.63, 3.8) is 0 Å². The van der Waals surface area contributed by atoms with E-state index in [0.29, 0.717) is 89.9 Å². The van der Waals surface area contributed by atoms with Gasteiger partial charge in [0, 0.05) is 58.0 Å². The fraction of sp³-hybridized carbons (Fsp3) is 0.541. The topological polar surface area (TPSA) is 83.5 Å². The first kappa shape index (κ1) is 38.0. The molecule has 1 aromatic rings. The molecule has 0 fully saturated rings. The highest BCUT2D eigenvalue weighted by Gasteiger charge is 2.10. The largest absolute Gasteiger partial charge is 0.493 e. The molecule has 0 heterocycles. The van der Waals surface area contributed by atoms with Gasteiger partial charge < -0.3 is 28.8 Å². The number of carboxylic acid groups (broad SMARTS) is 1. The summed E-state index contributed by atoms with van der Waals surface area (Å²) in [6, 6.07) is 4.63. The Morgan fingerprint density at radius 1 is 0.636 bits per heavy atom. The van der Waals surface area contributed by atoms with Crippen LogP contribution in [-0.2, 0) is 14.2 Å². The molecule has 0 aromatic heterocycles. The van der Waals surface area contributed by atoms with Crippen LogP contribution in [0.4, 0.5) is 0 Å². The van der Waals surface area contributed by atoms with Crippen molar-refractivity contribution in [1.82, 2.24) is 0 Å². The molecule has 1 atom stereocenters. The van der Waals surface area contributed by atoms with Crippen LogP contribution >= 0.6 is 0 Å². The molecule has 1 unspecified atom stereocenters. The third kappa shape index (κ3) is 21.6. The highest BCUT2D eigenvalue weighted by Crippen LogP contribution is 2.23. The lowest BCUT2D eigenvalue weighted by Crippen LogP contribution is -2.26. The minimum absolute atomic E-state index is 0.106. The van der Waals surface area contributed by atoms with Crippen molar-refractivity contribution in [2.75, 3.05) is 46.2 Å². The molecule has 0 radical (unpaired) electrons. The Morgan fingerprint density at radius 2 is 1.11 bits per heavy atom. The smallest absolute Gasteiger partial charge is 0.335 e. The van der Waals surface area contributed by atoms with Crippen molar-refractivity contribution in [1.29, 1.82) is 0 Å². The maximum Gasteiger partial charge on any atom is 0.335 e. The molecule has 0 aliphatic carbocycles. The number of benzene rings is 1. The van der Waals surface area contributed by atoms with Gasteiger partial charge in [0.15, 0.2) is 0 Å². The van der Waals surface area contributed by atoms with Gasteiger partial charge in [-0.1, -0.05) is 11.8 Å². The van der Waals surface area contributed by atoms with Crippen LogP contribution in [0.15, 0.2) is 18.2 Å². The average Bonchev–Trinajstić information content (AvgIpc) is 3.02. The van der Waals surface area contributed by atoms with Gasteiger partial charge in [0.25, 0.3) is 0 Å². The highest BCUT2D eigenvalue weighted by atomic mass is 16.6. The standard InChI is InChI=1S/C37H46O7/c1-4-7-10-20-23-40-31-36(44-26-19-9-6-3)32-41-24-21-16-14-12-11-13-15-17-22-27-43-35-29-33(37(38)39)28-34(30-35)42-25-18-8-5-2/h1-3,28-30,36H,7-10,14,16-27,31-32H2,(H,38,39). The summed E-state index contributed by atoms with van der Waals surface area (Å²) < 4.78 is 28.8. The van der Waals surface area contributed by atoms with Crippen molar-refractivity contribution >= 4 is 5.97 Å². The van der Waals surface area contributed by atoms with E-state index in [1.807, 2.05) is 0 Å². The second-order valence-electron chi connectivity index (χ2n) is 9.78. The van der Waals surface area contributed by atoms with E-state index < -0.39 is 5.97 Å². The molecule has 1 N–H and O–H groups in total. The first-order chi connectivity index (χ1) is 21.6. The van der Waals surface area contributed by atoms with E-state index >= 15 is 0 Å². The van der Waals surface area contributed by atoms with E-state index in [1.54, 1.807) is 6.07 Å². The number of rotatable bonds is 25. The van der Waals surface area contributed by atoms with Gasteiger partial charge in [-0.3, -0.25) is 0 Å². The fourth-order valence-electron chi connectivity index (χ4n) is 3.64. The maximum atomic E-state index is 11.4. The van der Waals surface area contributed by atoms with Crippen LogP contribution in [0.25, 0.3) is 0 Å². The van der Waals surface area contributed by atoms with Crippen LogP contribution in [0.2, 0.25) is 0 Å². The van der Waals surface area contributed by atoms with Gasteiger partial charge in [0.05, 0.1) is 32.0 Å². The summed E-state index contributed by atoms with van der Waals surface area (Å²) in [5.74, 6) is 19.5. The van der Waals surface area contributed by atoms with E-state index in [1.165, 1.54) is 12.1 Å². The third-order valence-electron chi connectivity index (χ3n) is 5.94. The number of carboxylic acids is 1. The monoisotopic (exact) mass is 602 g/mol. The zero-order valence-electron chi connectivity index (χ0n) is 25.9. The van der Waals surface area contributed by atoms with Crippen LogP contribution in [-0.4, -0.2) is 63.4 Å². The van der Waals surface area contributed by atoms with Crippen LogP contribution < -0.4 is 9.47 Å². The first-order valence-electron chi connectivity index (χ1n) is 15.3. The van der Waals surface area contributed by atoms with Crippen LogP contribution in [0.5, 0.6) is 11.5 Å². The average molecular weight is 603 g/mol. The Kier molecular flexibility index (Phi) is 24.0. The van der Waals surface area contributed by atoms with Crippen molar-refractivity contribution in [2.24, 2.45) is 0 Å². The quantitative estimate of drug-likeness (QED) is 0.106. The summed E-state index contributed by atoms with van der Waals surface area (Å²) in [5.41, 5.74) is 0.106. The predicted octanol–water partition coefficient (Wildman–Crippen LogP) is 6.15. The molecule has 236 valence electrons. The minimum atomic E-state index is -1.05. The molecule has 0 aliphatic heterocycles. The molecular weight excluding hydrogens is 556 g/mol. The summed E-state index contributed by atoms with van der Waals surface area (Å²) in [5, 5.41) is 9.35. The number of hydrogen-bond donors (Lipinski definition) is 1. The van der Waals surface area contributed by atoms with Crippen molar-refractivity contribution < 1.29 is 33.6 Å². The van der Waals surface area contributed by atoms with Crippen LogP contribution in [0.3, 0.4) is 0 Å². The molecule has 1 rings (SSSR count). The normalized spacial score (nSPS) is 10.6. The summed E-state index contributed by atoms with van der Waals surface area (Å²) in [6.45, 7) is 3.67. The number of aromatic carboxylic acids is 1. The van der Waals surface area contributed by atoms with E-state index in [-0.39, 0.29) is 11.7 Å². The summed E-state index contributed by atoms with van der Waals surface area (Å²) in [6.07, 6.45) is 25.1. The lowest BCUT2D eigenvalue weighted by molar-refractivity contribution is -0.0609. The lowest BCUT2D eigenvalue weighted by Gasteiger charge is -2.18. The van der Waals surface area contributed by atoms with E-state index in [2.05, 4.69) is 41.4 Å². The summed E-state index contributed by atoms with van der Waals surface area (Å²) >= 11 is 0. The summed E-state index contributed by atoms with van der Waals surface area (Å²) in [4.78, 5) is 11.4. The van der Waals surface area contributed by atoms with E-state index in [9.17, 15) is 9.90 Å². The van der Waals surface area contributed by atoms with Gasteiger partial charge in [-0.15, -0.1) is 37.0 Å². The SMILES string of the molecule is C#CCCCCOCC(COCCCCC#CC#CCCCOc1cc(OCCCC#C)cc(C(=O)O)c1)OCCCC#C. The zero-order chi connectivity index (χ0) is 31.9. The van der Waals surface area contributed by atoms with Crippen LogP contribution in [0.1, 0.15) is 87.4 Å². The lowest BCUT2D eigenvalue weighted by atomic mass is 10.2. The van der Waals surface area contributed by atoms with Gasteiger partial charge in [-0.05, 0) is 68.9 Å². The van der Waals surface area contributed by atoms with Crippen molar-refractivity contribution in [3.05, 3.63) is 23.8 Å². The highest BCUT2D eigenvalue weighted by molar-refractivity contribution is 5.88. The summed E-state index contributed by atoms with van der Waals surface area (Å²) in [7, 11) is 0. The molecule has 0 saturated carbocycles. The molecule has 0 amide bonds. The molecule has 7 heteroatoms. The Hall–Kier alpha value is -4.03. The number of hydrogen-bond acceptors (Lipinski definition) is 6. The Balaban J connectivity index is 2.22. The fourth-order valence-corrected chi connectivity index (χ4v) is 3.64. The second kappa shape index (κ2) is 27.8. The predicted molar refractivity (Wildman–Crippen MR) is 173 cm³/mol. The van der Waals surface area contributed by atoms with Gasteiger partial charge in [-0.2, -0.15) is 0 Å². The molecule has 0 spiro atoms. The van der Waals surface area contributed by atoms with Crippen LogP contribution in [0, 0.1) is 60.7 Å². The van der Waals surface area contributed by atoms with E-state index in [4.69, 9.17) is 43.0 Å². The Morgan fingerprint density at radius 3 is 1.66 bits per heavy atom. The second-order valence-corrected chi connectivity index (χ2v) is 9.78. The first-order valence-corrected chi connectivity index (χ1v) is 15.3. The number of terminal acetylenes is 3. The molecule has 7 nitrogen and oxygen atoms in total. The molecule has 0 saturated heterocycles. The molecule has 0 bridgehead atoms. The van der Waals surface area contributed by atoms with Gasteiger partial charge in [0.1, 0.15) is 17.6 Å². The third-order valence-corrected chi connectivity index (χ3v) is 5.94. The number of carbonyl (C=O) groups is 1. The van der Waals surface area contributed by atoms with Gasteiger partial charge >= 0.3 is 5.97 Å². The van der Waals surface area contributed by atoms with Crippen molar-refractivity contribution in [2.45, 2.75) is 83.2 Å². The Labute approximate surface area is 264 Å². The van der Waals surface area contributed by atoms with E-state index in [0.717, 1.165) is 44.9 Å². The van der Waals surface area contributed by atoms with Crippen molar-refractivity contribution in [3.8, 4) is 72.2 Å². The van der Waals surface area contributed by atoms with Gasteiger partial charge in [-0.25, -0.2) is 4.79 Å². The zero-order valence-corrected chi connectivity index (χ0v) is 25.9. The van der Waals surface area contributed by atoms with Gasteiger partial charge in [0.2, 0.25) is 0 Å². The number of ether oxygens (including phenoxy) is 5. The molecule has 1 aromatic carbocycles. The Bertz CT molecular complexity index is 1180.